The average molecular weight is 908 g/mol. The second-order valence-corrected chi connectivity index (χ2v) is 19.8. The molecule has 70 heavy (non-hydrogen) atoms. The fourth-order valence-corrected chi connectivity index (χ4v) is 13.5. The molecule has 0 atom stereocenters. The Morgan fingerprint density at radius 2 is 0.686 bits per heavy atom. The third-order valence-electron chi connectivity index (χ3n) is 15.2. The van der Waals surface area contributed by atoms with E-state index in [1.165, 1.54) is 98.1 Å². The Bertz CT molecular complexity index is 3840. The molecule has 11 aromatic carbocycles. The van der Waals surface area contributed by atoms with E-state index in [-0.39, 0.29) is 0 Å². The SMILES string of the molecule is c1ccc(-c2ccc(N(c3ccc(-c4ccc5c(c4)sc4ccccc45)cc3)c3ccc4c(c3)C3(c5ccccc5-4)c4ccccc4C(c4ccccc4)(c4ccccc4)c4ccccc43)cc2)cc1. The quantitative estimate of drug-likeness (QED) is 0.154. The van der Waals surface area contributed by atoms with Gasteiger partial charge in [0.25, 0.3) is 0 Å². The first kappa shape index (κ1) is 40.5. The Labute approximate surface area is 412 Å². The number of thiophene rings is 1. The van der Waals surface area contributed by atoms with Gasteiger partial charge in [-0.25, -0.2) is 0 Å². The van der Waals surface area contributed by atoms with Gasteiger partial charge in [-0.3, -0.25) is 0 Å². The number of hydrogen-bond donors (Lipinski definition) is 0. The van der Waals surface area contributed by atoms with Crippen LogP contribution in [0.1, 0.15) is 44.5 Å². The summed E-state index contributed by atoms with van der Waals surface area (Å²) in [6, 6.07) is 102. The molecule has 0 N–H and O–H groups in total. The summed E-state index contributed by atoms with van der Waals surface area (Å²) in [5, 5.41) is 2.64. The summed E-state index contributed by atoms with van der Waals surface area (Å²) in [4.78, 5) is 2.45. The lowest BCUT2D eigenvalue weighted by atomic mass is 9.51. The zero-order chi connectivity index (χ0) is 46.2. The van der Waals surface area contributed by atoms with Gasteiger partial charge in [-0.2, -0.15) is 0 Å². The molecule has 14 rings (SSSR count). The van der Waals surface area contributed by atoms with Crippen LogP contribution in [0.5, 0.6) is 0 Å². The van der Waals surface area contributed by atoms with Gasteiger partial charge in [0.15, 0.2) is 0 Å². The minimum Gasteiger partial charge on any atom is -0.310 e. The van der Waals surface area contributed by atoms with Crippen LogP contribution in [-0.4, -0.2) is 0 Å². The number of fused-ring (bicyclic) bond motifs is 12. The Morgan fingerprint density at radius 3 is 1.30 bits per heavy atom. The molecular weight excluding hydrogens is 863 g/mol. The van der Waals surface area contributed by atoms with E-state index in [1.807, 2.05) is 11.3 Å². The van der Waals surface area contributed by atoms with Gasteiger partial charge in [0.05, 0.1) is 10.8 Å². The fourth-order valence-electron chi connectivity index (χ4n) is 12.3. The zero-order valence-electron chi connectivity index (χ0n) is 38.3. The lowest BCUT2D eigenvalue weighted by Crippen LogP contribution is -2.44. The molecule has 1 heterocycles. The molecule has 2 heteroatoms. The average Bonchev–Trinajstić information content (AvgIpc) is 3.96. The van der Waals surface area contributed by atoms with Crippen molar-refractivity contribution in [1.82, 2.24) is 0 Å². The molecule has 1 spiro atoms. The first-order valence-electron chi connectivity index (χ1n) is 24.2. The molecule has 2 aliphatic rings. The topological polar surface area (TPSA) is 3.24 Å². The summed E-state index contributed by atoms with van der Waals surface area (Å²) < 4.78 is 2.64. The summed E-state index contributed by atoms with van der Waals surface area (Å²) in [6.45, 7) is 0. The molecule has 0 fully saturated rings. The fraction of sp³-hybridized carbons (Fsp3) is 0.0294. The van der Waals surface area contributed by atoms with Crippen LogP contribution in [0.4, 0.5) is 17.1 Å². The Kier molecular flexibility index (Phi) is 9.27. The van der Waals surface area contributed by atoms with Crippen LogP contribution < -0.4 is 4.90 Å². The van der Waals surface area contributed by atoms with Crippen LogP contribution >= 0.6 is 11.3 Å². The third-order valence-corrected chi connectivity index (χ3v) is 16.4. The van der Waals surface area contributed by atoms with Crippen LogP contribution in [0.3, 0.4) is 0 Å². The monoisotopic (exact) mass is 907 g/mol. The molecule has 0 aliphatic heterocycles. The van der Waals surface area contributed by atoms with E-state index in [1.54, 1.807) is 0 Å². The molecule has 1 aromatic heterocycles. The van der Waals surface area contributed by atoms with Crippen LogP contribution in [0, 0.1) is 0 Å². The second-order valence-electron chi connectivity index (χ2n) is 18.7. The highest BCUT2D eigenvalue weighted by Crippen LogP contribution is 2.65. The predicted molar refractivity (Wildman–Crippen MR) is 294 cm³/mol. The largest absolute Gasteiger partial charge is 0.310 e. The van der Waals surface area contributed by atoms with Crippen molar-refractivity contribution in [2.75, 3.05) is 4.90 Å². The molecule has 0 bridgehead atoms. The standard InChI is InChI=1S/C68H45NS/c1-4-18-46(19-5-1)47-32-37-52(38-33-47)69(53-39-34-48(35-40-53)49-36-42-58-57-25-11-17-31-65(57)70-66(58)44-49)54-41-43-56-55-24-10-12-26-59(55)68(64(56)45-54)62-29-15-13-27-60(62)67(50-20-6-2-7-21-50,51-22-8-3-9-23-51)61-28-14-16-30-63(61)68/h1-45H. The highest BCUT2D eigenvalue weighted by Gasteiger charge is 2.56. The van der Waals surface area contributed by atoms with Gasteiger partial charge in [-0.1, -0.05) is 224 Å². The number of nitrogens with zero attached hydrogens (tertiary/aromatic N) is 1. The Hall–Kier alpha value is -8.56. The van der Waals surface area contributed by atoms with Gasteiger partial charge in [0, 0.05) is 37.2 Å². The van der Waals surface area contributed by atoms with Gasteiger partial charge in [0.2, 0.25) is 0 Å². The lowest BCUT2D eigenvalue weighted by Gasteiger charge is -2.50. The van der Waals surface area contributed by atoms with Crippen molar-refractivity contribution in [3.63, 3.8) is 0 Å². The van der Waals surface area contributed by atoms with E-state index >= 15 is 0 Å². The summed E-state index contributed by atoms with van der Waals surface area (Å²) in [7, 11) is 0. The molecule has 0 saturated heterocycles. The number of anilines is 3. The third kappa shape index (κ3) is 5.90. The summed E-state index contributed by atoms with van der Waals surface area (Å²) in [5.74, 6) is 0. The lowest BCUT2D eigenvalue weighted by molar-refractivity contribution is 0.623. The first-order chi connectivity index (χ1) is 34.7. The summed E-state index contributed by atoms with van der Waals surface area (Å²) in [6.07, 6.45) is 0. The Balaban J connectivity index is 0.985. The van der Waals surface area contributed by atoms with Gasteiger partial charge < -0.3 is 4.90 Å². The number of benzene rings is 11. The first-order valence-corrected chi connectivity index (χ1v) is 25.1. The van der Waals surface area contributed by atoms with E-state index in [0.29, 0.717) is 0 Å². The van der Waals surface area contributed by atoms with Crippen LogP contribution in [-0.2, 0) is 10.8 Å². The molecule has 12 aromatic rings. The van der Waals surface area contributed by atoms with Crippen molar-refractivity contribution in [2.45, 2.75) is 10.8 Å². The van der Waals surface area contributed by atoms with E-state index in [2.05, 4.69) is 278 Å². The van der Waals surface area contributed by atoms with E-state index in [4.69, 9.17) is 0 Å². The van der Waals surface area contributed by atoms with Crippen molar-refractivity contribution >= 4 is 48.6 Å². The smallest absolute Gasteiger partial charge is 0.0720 e. The summed E-state index contributed by atoms with van der Waals surface area (Å²) >= 11 is 1.87. The summed E-state index contributed by atoms with van der Waals surface area (Å²) in [5.41, 5.74) is 19.8. The maximum absolute atomic E-state index is 2.51. The van der Waals surface area contributed by atoms with Crippen LogP contribution in [0.2, 0.25) is 0 Å². The molecule has 0 amide bonds. The maximum Gasteiger partial charge on any atom is 0.0720 e. The maximum atomic E-state index is 2.51. The molecule has 0 saturated carbocycles. The number of hydrogen-bond acceptors (Lipinski definition) is 2. The van der Waals surface area contributed by atoms with Crippen molar-refractivity contribution in [3.8, 4) is 33.4 Å². The molecule has 1 nitrogen and oxygen atoms in total. The molecule has 328 valence electrons. The highest BCUT2D eigenvalue weighted by atomic mass is 32.1. The highest BCUT2D eigenvalue weighted by molar-refractivity contribution is 7.25. The van der Waals surface area contributed by atoms with Gasteiger partial charge in [0.1, 0.15) is 0 Å². The normalized spacial score (nSPS) is 13.7. The van der Waals surface area contributed by atoms with E-state index in [0.717, 1.165) is 17.1 Å². The Morgan fingerprint density at radius 1 is 0.257 bits per heavy atom. The van der Waals surface area contributed by atoms with Gasteiger partial charge in [-0.15, -0.1) is 11.3 Å². The minimum absolute atomic E-state index is 0.563. The van der Waals surface area contributed by atoms with Crippen LogP contribution in [0.15, 0.2) is 273 Å². The van der Waals surface area contributed by atoms with Gasteiger partial charge >= 0.3 is 0 Å². The van der Waals surface area contributed by atoms with E-state index in [9.17, 15) is 0 Å². The predicted octanol–water partition coefficient (Wildman–Crippen LogP) is 17.9. The number of rotatable bonds is 7. The van der Waals surface area contributed by atoms with Gasteiger partial charge in [-0.05, 0) is 126 Å². The molecule has 0 unspecified atom stereocenters. The molecule has 2 aliphatic carbocycles. The van der Waals surface area contributed by atoms with E-state index < -0.39 is 10.8 Å². The van der Waals surface area contributed by atoms with Crippen LogP contribution in [0.25, 0.3) is 53.6 Å². The second kappa shape index (κ2) is 16.0. The minimum atomic E-state index is -0.611. The molecule has 0 radical (unpaired) electrons. The van der Waals surface area contributed by atoms with Crippen molar-refractivity contribution < 1.29 is 0 Å². The van der Waals surface area contributed by atoms with Crippen molar-refractivity contribution in [1.29, 1.82) is 0 Å². The van der Waals surface area contributed by atoms with Crippen molar-refractivity contribution in [2.24, 2.45) is 0 Å². The zero-order valence-corrected chi connectivity index (χ0v) is 39.2. The molecular formula is C68H45NS. The van der Waals surface area contributed by atoms with Crippen molar-refractivity contribution in [3.05, 3.63) is 317 Å².